The molecule has 0 radical (unpaired) electrons. The van der Waals surface area contributed by atoms with E-state index >= 15 is 0 Å². The van der Waals surface area contributed by atoms with E-state index in [-0.39, 0.29) is 19.4 Å². The van der Waals surface area contributed by atoms with Crippen LogP contribution >= 0.6 is 7.82 Å². The predicted octanol–water partition coefficient (Wildman–Crippen LogP) is 12.5. The van der Waals surface area contributed by atoms with Crippen molar-refractivity contribution in [3.05, 3.63) is 12.2 Å². The molecule has 336 valence electrons. The van der Waals surface area contributed by atoms with Gasteiger partial charge in [0.15, 0.2) is 6.10 Å². The van der Waals surface area contributed by atoms with E-state index in [4.69, 9.17) is 24.8 Å². The summed E-state index contributed by atoms with van der Waals surface area (Å²) >= 11 is 0. The normalized spacial score (nSPS) is 13.8. The van der Waals surface area contributed by atoms with Gasteiger partial charge in [-0.15, -0.1) is 0 Å². The highest BCUT2D eigenvalue weighted by atomic mass is 31.2. The maximum Gasteiger partial charge on any atom is 0.472 e. The standard InChI is InChI=1S/C45H86NO10P/c1-3-5-7-9-11-13-15-17-18-19-20-21-22-23-25-26-28-30-32-34-36-43(47)53-38-41(39-54-57(51,52)55-40-42(46)45(49)50)56-44(48)37-35-33-31-29-27-24-16-14-12-10-8-6-4-2/h14,16,41-42H,3-13,15,17-40,46H2,1-2H3,(H,49,50)(H,51,52)/b16-14-. The number of phosphoric ester groups is 1. The van der Waals surface area contributed by atoms with Crippen LogP contribution < -0.4 is 5.73 Å². The SMILES string of the molecule is CCCCCC/C=C\CCCCCCCC(=O)OC(COC(=O)CCCCCCCCCCCCCCCCCCCCCC)COP(=O)(O)OCC(N)C(=O)O. The highest BCUT2D eigenvalue weighted by Gasteiger charge is 2.28. The second-order valence-electron chi connectivity index (χ2n) is 15.9. The Morgan fingerprint density at radius 3 is 1.30 bits per heavy atom. The third-order valence-corrected chi connectivity index (χ3v) is 11.2. The number of nitrogens with two attached hydrogens (primary N) is 1. The third kappa shape index (κ3) is 40.8. The molecule has 57 heavy (non-hydrogen) atoms. The molecule has 0 amide bonds. The fourth-order valence-electron chi connectivity index (χ4n) is 6.59. The Morgan fingerprint density at radius 2 is 0.877 bits per heavy atom. The molecule has 0 aromatic heterocycles. The summed E-state index contributed by atoms with van der Waals surface area (Å²) < 4.78 is 32.7. The number of hydrogen-bond acceptors (Lipinski definition) is 9. The quantitative estimate of drug-likeness (QED) is 0.0231. The summed E-state index contributed by atoms with van der Waals surface area (Å²) in [6.45, 7) is 2.81. The van der Waals surface area contributed by atoms with E-state index in [1.54, 1.807) is 0 Å². The number of carbonyl (C=O) groups is 3. The van der Waals surface area contributed by atoms with Crippen LogP contribution in [0.1, 0.15) is 226 Å². The van der Waals surface area contributed by atoms with E-state index in [1.165, 1.54) is 128 Å². The van der Waals surface area contributed by atoms with Crippen molar-refractivity contribution in [2.45, 2.75) is 238 Å². The molecule has 11 nitrogen and oxygen atoms in total. The molecule has 3 unspecified atom stereocenters. The van der Waals surface area contributed by atoms with Crippen LogP contribution in [0.2, 0.25) is 0 Å². The number of aliphatic carboxylic acids is 1. The molecule has 12 heteroatoms. The Bertz CT molecular complexity index is 1030. The second-order valence-corrected chi connectivity index (χ2v) is 17.3. The van der Waals surface area contributed by atoms with Crippen molar-refractivity contribution >= 4 is 25.7 Å². The molecule has 0 aliphatic carbocycles. The Balaban J connectivity index is 4.24. The zero-order valence-electron chi connectivity index (χ0n) is 36.5. The van der Waals surface area contributed by atoms with Gasteiger partial charge >= 0.3 is 25.7 Å². The summed E-state index contributed by atoms with van der Waals surface area (Å²) in [5.74, 6) is -2.37. The average Bonchev–Trinajstić information content (AvgIpc) is 3.19. The van der Waals surface area contributed by atoms with Crippen molar-refractivity contribution in [2.75, 3.05) is 19.8 Å². The van der Waals surface area contributed by atoms with Gasteiger partial charge in [-0.2, -0.15) is 0 Å². The van der Waals surface area contributed by atoms with Crippen molar-refractivity contribution in [2.24, 2.45) is 5.73 Å². The molecule has 0 saturated heterocycles. The van der Waals surface area contributed by atoms with Crippen LogP contribution in [0.15, 0.2) is 12.2 Å². The zero-order chi connectivity index (χ0) is 42.1. The molecule has 0 rings (SSSR count). The smallest absolute Gasteiger partial charge is 0.472 e. The number of carboxylic acids is 1. The van der Waals surface area contributed by atoms with Gasteiger partial charge in [-0.1, -0.05) is 187 Å². The Hall–Kier alpha value is -1.78. The second kappa shape index (κ2) is 41.0. The number of ether oxygens (including phenoxy) is 2. The van der Waals surface area contributed by atoms with E-state index in [0.29, 0.717) is 12.8 Å². The molecule has 3 atom stereocenters. The number of phosphoric acid groups is 1. The Kier molecular flexibility index (Phi) is 39.7. The fraction of sp³-hybridized carbons (Fsp3) is 0.889. The van der Waals surface area contributed by atoms with Gasteiger partial charge in [0, 0.05) is 12.8 Å². The van der Waals surface area contributed by atoms with Crippen LogP contribution in [-0.4, -0.2) is 59.9 Å². The molecular weight excluding hydrogens is 745 g/mol. The van der Waals surface area contributed by atoms with Crippen LogP contribution in [0.25, 0.3) is 0 Å². The minimum absolute atomic E-state index is 0.155. The van der Waals surface area contributed by atoms with Crippen molar-refractivity contribution in [3.8, 4) is 0 Å². The number of allylic oxidation sites excluding steroid dienone is 2. The van der Waals surface area contributed by atoms with Gasteiger partial charge in [-0.25, -0.2) is 4.57 Å². The monoisotopic (exact) mass is 832 g/mol. The first-order valence-corrected chi connectivity index (χ1v) is 24.7. The molecule has 0 aliphatic heterocycles. The summed E-state index contributed by atoms with van der Waals surface area (Å²) in [4.78, 5) is 46.0. The maximum atomic E-state index is 12.6. The van der Waals surface area contributed by atoms with Crippen molar-refractivity contribution in [1.29, 1.82) is 0 Å². The van der Waals surface area contributed by atoms with Gasteiger partial charge < -0.3 is 25.2 Å². The highest BCUT2D eigenvalue weighted by molar-refractivity contribution is 7.47. The van der Waals surface area contributed by atoms with Gasteiger partial charge in [0.25, 0.3) is 0 Å². The summed E-state index contributed by atoms with van der Waals surface area (Å²) in [6, 6.07) is -1.52. The molecule has 0 fully saturated rings. The van der Waals surface area contributed by atoms with Gasteiger partial charge in [-0.05, 0) is 38.5 Å². The van der Waals surface area contributed by atoms with Gasteiger partial charge in [-0.3, -0.25) is 23.4 Å². The first-order valence-electron chi connectivity index (χ1n) is 23.2. The highest BCUT2D eigenvalue weighted by Crippen LogP contribution is 2.43. The van der Waals surface area contributed by atoms with E-state index in [1.807, 2.05) is 0 Å². The summed E-state index contributed by atoms with van der Waals surface area (Å²) in [5, 5.41) is 8.89. The Morgan fingerprint density at radius 1 is 0.526 bits per heavy atom. The van der Waals surface area contributed by atoms with Crippen LogP contribution in [0.5, 0.6) is 0 Å². The minimum Gasteiger partial charge on any atom is -0.480 e. The van der Waals surface area contributed by atoms with Crippen LogP contribution in [0.4, 0.5) is 0 Å². The number of carbonyl (C=O) groups excluding carboxylic acids is 2. The van der Waals surface area contributed by atoms with E-state index < -0.39 is 51.1 Å². The minimum atomic E-state index is -4.71. The topological polar surface area (TPSA) is 172 Å². The lowest BCUT2D eigenvalue weighted by Crippen LogP contribution is -2.34. The van der Waals surface area contributed by atoms with Crippen molar-refractivity contribution in [1.82, 2.24) is 0 Å². The molecule has 0 heterocycles. The molecule has 0 aliphatic rings. The van der Waals surface area contributed by atoms with Crippen LogP contribution in [-0.2, 0) is 37.5 Å². The maximum absolute atomic E-state index is 12.6. The fourth-order valence-corrected chi connectivity index (χ4v) is 7.37. The number of esters is 2. The molecule has 0 saturated carbocycles. The molecule has 0 spiro atoms. The summed E-state index contributed by atoms with van der Waals surface area (Å²) in [7, 11) is -4.71. The number of unbranched alkanes of at least 4 members (excludes halogenated alkanes) is 28. The number of hydrogen-bond donors (Lipinski definition) is 3. The number of carboxylic acid groups (broad SMARTS) is 1. The lowest BCUT2D eigenvalue weighted by Gasteiger charge is -2.20. The summed E-state index contributed by atoms with van der Waals surface area (Å²) in [5.41, 5.74) is 5.34. The molecule has 0 aromatic carbocycles. The summed E-state index contributed by atoms with van der Waals surface area (Å²) in [6.07, 6.45) is 41.4. The van der Waals surface area contributed by atoms with Crippen molar-refractivity contribution < 1.29 is 47.5 Å². The largest absolute Gasteiger partial charge is 0.480 e. The Labute approximate surface area is 348 Å². The van der Waals surface area contributed by atoms with E-state index in [9.17, 15) is 23.8 Å². The van der Waals surface area contributed by atoms with Gasteiger partial charge in [0.2, 0.25) is 0 Å². The molecule has 4 N–H and O–H groups in total. The molecular formula is C45H86NO10P. The number of rotatable bonds is 44. The first kappa shape index (κ1) is 55.2. The van der Waals surface area contributed by atoms with Gasteiger partial charge in [0.1, 0.15) is 12.6 Å². The average molecular weight is 832 g/mol. The van der Waals surface area contributed by atoms with E-state index in [2.05, 4.69) is 30.5 Å². The van der Waals surface area contributed by atoms with E-state index in [0.717, 1.165) is 57.8 Å². The van der Waals surface area contributed by atoms with Crippen molar-refractivity contribution in [3.63, 3.8) is 0 Å². The lowest BCUT2D eigenvalue weighted by atomic mass is 10.0. The lowest BCUT2D eigenvalue weighted by molar-refractivity contribution is -0.161. The van der Waals surface area contributed by atoms with Gasteiger partial charge in [0.05, 0.1) is 13.2 Å². The predicted molar refractivity (Wildman–Crippen MR) is 231 cm³/mol. The third-order valence-electron chi connectivity index (χ3n) is 10.3. The molecule has 0 bridgehead atoms. The van der Waals surface area contributed by atoms with Crippen LogP contribution in [0.3, 0.4) is 0 Å². The molecule has 0 aromatic rings. The van der Waals surface area contributed by atoms with Crippen LogP contribution in [0, 0.1) is 0 Å². The zero-order valence-corrected chi connectivity index (χ0v) is 37.3. The first-order chi connectivity index (χ1) is 27.6.